The number of nitrogens with one attached hydrogen (secondary N) is 1. The molecule has 1 unspecified atom stereocenters. The maximum atomic E-state index is 3.49. The van der Waals surface area contributed by atoms with Crippen LogP contribution in [0.15, 0.2) is 0 Å². The molecule has 2 aliphatic rings. The van der Waals surface area contributed by atoms with Gasteiger partial charge in [0.2, 0.25) is 0 Å². The van der Waals surface area contributed by atoms with Crippen molar-refractivity contribution in [3.63, 3.8) is 0 Å². The lowest BCUT2D eigenvalue weighted by Crippen LogP contribution is -2.52. The van der Waals surface area contributed by atoms with E-state index in [9.17, 15) is 0 Å². The third-order valence-electron chi connectivity index (χ3n) is 4.15. The highest BCUT2D eigenvalue weighted by atomic mass is 15.3. The SMILES string of the molecule is CNC(CN1CCN(C(C)C)CC1)C1CC1. The van der Waals surface area contributed by atoms with Gasteiger partial charge in [0.15, 0.2) is 0 Å². The molecule has 1 aliphatic carbocycles. The lowest BCUT2D eigenvalue weighted by Gasteiger charge is -2.38. The van der Waals surface area contributed by atoms with Crippen molar-refractivity contribution in [3.8, 4) is 0 Å². The molecule has 1 atom stereocenters. The minimum absolute atomic E-state index is 0.714. The summed E-state index contributed by atoms with van der Waals surface area (Å²) in [5.41, 5.74) is 0. The quantitative estimate of drug-likeness (QED) is 0.753. The minimum atomic E-state index is 0.714. The van der Waals surface area contributed by atoms with E-state index in [-0.39, 0.29) is 0 Å². The van der Waals surface area contributed by atoms with Gasteiger partial charge < -0.3 is 5.32 Å². The summed E-state index contributed by atoms with van der Waals surface area (Å²) in [5.74, 6) is 0.966. The lowest BCUT2D eigenvalue weighted by molar-refractivity contribution is 0.0997. The fourth-order valence-electron chi connectivity index (χ4n) is 2.72. The van der Waals surface area contributed by atoms with Crippen LogP contribution in [0, 0.1) is 5.92 Å². The van der Waals surface area contributed by atoms with Gasteiger partial charge in [0.05, 0.1) is 0 Å². The number of rotatable bonds is 5. The van der Waals surface area contributed by atoms with Crippen LogP contribution in [0.5, 0.6) is 0 Å². The van der Waals surface area contributed by atoms with Gasteiger partial charge >= 0.3 is 0 Å². The van der Waals surface area contributed by atoms with Crippen molar-refractivity contribution < 1.29 is 0 Å². The van der Waals surface area contributed by atoms with Crippen molar-refractivity contribution in [2.24, 2.45) is 5.92 Å². The first-order chi connectivity index (χ1) is 7.70. The van der Waals surface area contributed by atoms with Crippen LogP contribution in [0.3, 0.4) is 0 Å². The van der Waals surface area contributed by atoms with E-state index in [1.54, 1.807) is 0 Å². The molecule has 1 saturated heterocycles. The standard InChI is InChI=1S/C13H27N3/c1-11(2)16-8-6-15(7-9-16)10-13(14-3)12-4-5-12/h11-14H,4-10H2,1-3H3. The molecule has 3 nitrogen and oxygen atoms in total. The second kappa shape index (κ2) is 5.48. The molecular formula is C13H27N3. The van der Waals surface area contributed by atoms with Crippen LogP contribution in [-0.4, -0.2) is 61.7 Å². The first-order valence-corrected chi connectivity index (χ1v) is 6.84. The summed E-state index contributed by atoms with van der Waals surface area (Å²) >= 11 is 0. The van der Waals surface area contributed by atoms with Crippen LogP contribution in [0.4, 0.5) is 0 Å². The zero-order chi connectivity index (χ0) is 11.5. The molecule has 0 spiro atoms. The van der Waals surface area contributed by atoms with Crippen LogP contribution in [0.25, 0.3) is 0 Å². The minimum Gasteiger partial charge on any atom is -0.315 e. The molecule has 0 aromatic heterocycles. The largest absolute Gasteiger partial charge is 0.315 e. The predicted octanol–water partition coefficient (Wildman–Crippen LogP) is 1.01. The molecule has 3 heteroatoms. The second-order valence-electron chi connectivity index (χ2n) is 5.66. The number of piperazine rings is 1. The third kappa shape index (κ3) is 3.19. The molecule has 1 heterocycles. The Bertz CT molecular complexity index is 205. The van der Waals surface area contributed by atoms with Crippen molar-refractivity contribution in [1.29, 1.82) is 0 Å². The first kappa shape index (κ1) is 12.3. The number of hydrogen-bond donors (Lipinski definition) is 1. The monoisotopic (exact) mass is 225 g/mol. The molecule has 1 N–H and O–H groups in total. The van der Waals surface area contributed by atoms with E-state index in [2.05, 4.69) is 36.0 Å². The van der Waals surface area contributed by atoms with Gasteiger partial charge in [0, 0.05) is 44.8 Å². The van der Waals surface area contributed by atoms with E-state index in [1.807, 2.05) is 0 Å². The summed E-state index contributed by atoms with van der Waals surface area (Å²) in [6.45, 7) is 10.9. The van der Waals surface area contributed by atoms with E-state index < -0.39 is 0 Å². The summed E-state index contributed by atoms with van der Waals surface area (Å²) in [6, 6.07) is 1.45. The maximum absolute atomic E-state index is 3.49. The fraction of sp³-hybridized carbons (Fsp3) is 1.00. The normalized spacial score (nSPS) is 26.2. The second-order valence-corrected chi connectivity index (χ2v) is 5.66. The highest BCUT2D eigenvalue weighted by molar-refractivity contribution is 4.88. The van der Waals surface area contributed by atoms with Gasteiger partial charge in [-0.3, -0.25) is 9.80 Å². The van der Waals surface area contributed by atoms with E-state index in [0.29, 0.717) is 6.04 Å². The van der Waals surface area contributed by atoms with Crippen molar-refractivity contribution >= 4 is 0 Å². The van der Waals surface area contributed by atoms with Crippen LogP contribution >= 0.6 is 0 Å². The third-order valence-corrected chi connectivity index (χ3v) is 4.15. The molecule has 2 fully saturated rings. The Labute approximate surface area is 100 Å². The summed E-state index contributed by atoms with van der Waals surface area (Å²) < 4.78 is 0. The average molecular weight is 225 g/mol. The Kier molecular flexibility index (Phi) is 4.22. The van der Waals surface area contributed by atoms with Gasteiger partial charge in [0.1, 0.15) is 0 Å². The van der Waals surface area contributed by atoms with Crippen LogP contribution in [0.2, 0.25) is 0 Å². The van der Waals surface area contributed by atoms with Gasteiger partial charge in [-0.2, -0.15) is 0 Å². The van der Waals surface area contributed by atoms with E-state index in [1.165, 1.54) is 45.6 Å². The van der Waals surface area contributed by atoms with Crippen LogP contribution in [0.1, 0.15) is 26.7 Å². The van der Waals surface area contributed by atoms with Crippen molar-refractivity contribution in [3.05, 3.63) is 0 Å². The fourth-order valence-corrected chi connectivity index (χ4v) is 2.72. The molecule has 0 bridgehead atoms. The molecule has 1 aliphatic heterocycles. The zero-order valence-corrected chi connectivity index (χ0v) is 11.1. The van der Waals surface area contributed by atoms with Gasteiger partial charge in [-0.25, -0.2) is 0 Å². The van der Waals surface area contributed by atoms with Crippen molar-refractivity contribution in [2.45, 2.75) is 38.8 Å². The summed E-state index contributed by atoms with van der Waals surface area (Å²) in [7, 11) is 2.12. The molecule has 0 amide bonds. The van der Waals surface area contributed by atoms with E-state index in [4.69, 9.17) is 0 Å². The number of nitrogens with zero attached hydrogens (tertiary/aromatic N) is 2. The van der Waals surface area contributed by atoms with E-state index in [0.717, 1.165) is 12.0 Å². The molecule has 0 aromatic carbocycles. The summed E-state index contributed by atoms with van der Waals surface area (Å²) in [4.78, 5) is 5.22. The van der Waals surface area contributed by atoms with Gasteiger partial charge in [-0.15, -0.1) is 0 Å². The van der Waals surface area contributed by atoms with Crippen molar-refractivity contribution in [1.82, 2.24) is 15.1 Å². The highest BCUT2D eigenvalue weighted by Gasteiger charge is 2.32. The molecule has 2 rings (SSSR count). The van der Waals surface area contributed by atoms with Crippen molar-refractivity contribution in [2.75, 3.05) is 39.8 Å². The smallest absolute Gasteiger partial charge is 0.0220 e. The van der Waals surface area contributed by atoms with Gasteiger partial charge in [-0.1, -0.05) is 0 Å². The molecule has 94 valence electrons. The Hall–Kier alpha value is -0.120. The Morgan fingerprint density at radius 3 is 2.19 bits per heavy atom. The van der Waals surface area contributed by atoms with Crippen LogP contribution in [-0.2, 0) is 0 Å². The van der Waals surface area contributed by atoms with E-state index >= 15 is 0 Å². The molecule has 0 radical (unpaired) electrons. The summed E-state index contributed by atoms with van der Waals surface area (Å²) in [5, 5.41) is 3.49. The summed E-state index contributed by atoms with van der Waals surface area (Å²) in [6.07, 6.45) is 2.88. The number of likely N-dealkylation sites (N-methyl/N-ethyl adjacent to an activating group) is 1. The molecule has 16 heavy (non-hydrogen) atoms. The molecule has 1 saturated carbocycles. The Morgan fingerprint density at radius 1 is 1.12 bits per heavy atom. The molecule has 0 aromatic rings. The lowest BCUT2D eigenvalue weighted by atomic mass is 10.1. The predicted molar refractivity (Wildman–Crippen MR) is 68.7 cm³/mol. The first-order valence-electron chi connectivity index (χ1n) is 6.84. The highest BCUT2D eigenvalue weighted by Crippen LogP contribution is 2.32. The Morgan fingerprint density at radius 2 is 1.75 bits per heavy atom. The maximum Gasteiger partial charge on any atom is 0.0220 e. The molecular weight excluding hydrogens is 198 g/mol. The zero-order valence-electron chi connectivity index (χ0n) is 11.1. The van der Waals surface area contributed by atoms with Crippen LogP contribution < -0.4 is 5.32 Å². The average Bonchev–Trinajstić information content (AvgIpc) is 3.10. The topological polar surface area (TPSA) is 18.5 Å². The van der Waals surface area contributed by atoms with Gasteiger partial charge in [-0.05, 0) is 39.7 Å². The number of hydrogen-bond acceptors (Lipinski definition) is 3. The Balaban J connectivity index is 1.71. The van der Waals surface area contributed by atoms with Gasteiger partial charge in [0.25, 0.3) is 0 Å².